The van der Waals surface area contributed by atoms with Crippen molar-refractivity contribution >= 4 is 11.6 Å². The molecule has 2 rings (SSSR count). The number of hydrogen-bond acceptors (Lipinski definition) is 4. The number of ether oxygens (including phenoxy) is 1. The van der Waals surface area contributed by atoms with Crippen LogP contribution in [0.2, 0.25) is 0 Å². The van der Waals surface area contributed by atoms with Crippen LogP contribution in [0.25, 0.3) is 0 Å². The van der Waals surface area contributed by atoms with Gasteiger partial charge in [-0.05, 0) is 30.7 Å². The van der Waals surface area contributed by atoms with E-state index in [1.807, 2.05) is 0 Å². The van der Waals surface area contributed by atoms with E-state index >= 15 is 0 Å². The molecule has 1 aliphatic heterocycles. The minimum Gasteiger partial charge on any atom is -0.497 e. The Morgan fingerprint density at radius 3 is 2.48 bits per heavy atom. The molecule has 0 saturated heterocycles. The van der Waals surface area contributed by atoms with Gasteiger partial charge in [0.05, 0.1) is 7.11 Å². The third-order valence-electron chi connectivity index (χ3n) is 3.56. The molecule has 0 unspecified atom stereocenters. The number of aliphatic hydroxyl groups is 1. The quantitative estimate of drug-likeness (QED) is 0.923. The molecule has 1 amide bonds. The summed E-state index contributed by atoms with van der Waals surface area (Å²) in [6, 6.07) is 5.55. The number of rotatable bonds is 4. The molecule has 1 heterocycles. The minimum atomic E-state index is -5.01. The Hall–Kier alpha value is -2.09. The smallest absolute Gasteiger partial charge is 0.438 e. The van der Waals surface area contributed by atoms with E-state index in [0.29, 0.717) is 12.2 Å². The van der Waals surface area contributed by atoms with Gasteiger partial charge < -0.3 is 9.84 Å². The first-order valence-corrected chi connectivity index (χ1v) is 7.07. The van der Waals surface area contributed by atoms with Crippen LogP contribution in [0.3, 0.4) is 0 Å². The molecule has 0 spiro atoms. The molecule has 0 radical (unpaired) electrons. The first-order valence-electron chi connectivity index (χ1n) is 7.07. The number of carbonyl (C=O) groups is 1. The lowest BCUT2D eigenvalue weighted by Gasteiger charge is -2.32. The number of carbonyl (C=O) groups excluding carboxylic acids is 1. The highest BCUT2D eigenvalue weighted by Crippen LogP contribution is 2.41. The first kappa shape index (κ1) is 17.3. The lowest BCUT2D eigenvalue weighted by Crippen LogP contribution is -2.56. The van der Waals surface area contributed by atoms with Crippen LogP contribution in [-0.4, -0.2) is 40.7 Å². The van der Waals surface area contributed by atoms with Crippen LogP contribution < -0.4 is 4.74 Å². The lowest BCUT2D eigenvalue weighted by atomic mass is 10.0. The lowest BCUT2D eigenvalue weighted by molar-refractivity contribution is -0.297. The molecule has 0 saturated carbocycles. The van der Waals surface area contributed by atoms with E-state index in [9.17, 15) is 23.1 Å². The van der Waals surface area contributed by atoms with Crippen molar-refractivity contribution in [2.24, 2.45) is 5.10 Å². The SMILES string of the molecule is CCCC1=NN(C(=O)c2ccc(OC)cc2)[C@@](O)(C(F)(F)F)C1. The monoisotopic (exact) mass is 330 g/mol. The van der Waals surface area contributed by atoms with Crippen LogP contribution in [0.5, 0.6) is 5.75 Å². The fraction of sp³-hybridized carbons (Fsp3) is 0.467. The van der Waals surface area contributed by atoms with E-state index in [-0.39, 0.29) is 22.7 Å². The van der Waals surface area contributed by atoms with E-state index in [0.717, 1.165) is 0 Å². The van der Waals surface area contributed by atoms with Crippen molar-refractivity contribution in [1.82, 2.24) is 5.01 Å². The maximum absolute atomic E-state index is 13.3. The summed E-state index contributed by atoms with van der Waals surface area (Å²) in [5.74, 6) is -0.553. The van der Waals surface area contributed by atoms with Gasteiger partial charge in [0.2, 0.25) is 0 Å². The number of amides is 1. The van der Waals surface area contributed by atoms with Crippen molar-refractivity contribution in [3.8, 4) is 5.75 Å². The van der Waals surface area contributed by atoms with Crippen LogP contribution in [0.15, 0.2) is 29.4 Å². The second-order valence-corrected chi connectivity index (χ2v) is 5.25. The molecule has 0 bridgehead atoms. The Morgan fingerprint density at radius 1 is 1.39 bits per heavy atom. The van der Waals surface area contributed by atoms with Crippen molar-refractivity contribution in [2.45, 2.75) is 38.1 Å². The van der Waals surface area contributed by atoms with Crippen LogP contribution in [-0.2, 0) is 0 Å². The number of halogens is 3. The summed E-state index contributed by atoms with van der Waals surface area (Å²) in [5.41, 5.74) is -3.18. The third kappa shape index (κ3) is 3.17. The highest BCUT2D eigenvalue weighted by Gasteiger charge is 2.63. The summed E-state index contributed by atoms with van der Waals surface area (Å²) < 4.78 is 44.7. The van der Waals surface area contributed by atoms with Crippen molar-refractivity contribution < 1.29 is 27.8 Å². The summed E-state index contributed by atoms with van der Waals surface area (Å²) in [4.78, 5) is 12.4. The molecule has 1 atom stereocenters. The summed E-state index contributed by atoms with van der Waals surface area (Å²) in [6.07, 6.45) is -4.89. The van der Waals surface area contributed by atoms with Gasteiger partial charge in [-0.3, -0.25) is 4.79 Å². The third-order valence-corrected chi connectivity index (χ3v) is 3.56. The van der Waals surface area contributed by atoms with Gasteiger partial charge in [-0.1, -0.05) is 13.3 Å². The minimum absolute atomic E-state index is 0.0185. The van der Waals surface area contributed by atoms with Crippen molar-refractivity contribution in [1.29, 1.82) is 0 Å². The predicted molar refractivity (Wildman–Crippen MR) is 77.1 cm³/mol. The molecule has 0 aliphatic carbocycles. The second kappa shape index (κ2) is 6.19. The maximum atomic E-state index is 13.3. The van der Waals surface area contributed by atoms with Gasteiger partial charge in [-0.2, -0.15) is 23.3 Å². The van der Waals surface area contributed by atoms with Gasteiger partial charge in [0.1, 0.15) is 5.75 Å². The normalized spacial score (nSPS) is 21.3. The summed E-state index contributed by atoms with van der Waals surface area (Å²) >= 11 is 0. The van der Waals surface area contributed by atoms with Gasteiger partial charge in [0.25, 0.3) is 11.6 Å². The van der Waals surface area contributed by atoms with Crippen molar-refractivity contribution in [3.63, 3.8) is 0 Å². The zero-order valence-corrected chi connectivity index (χ0v) is 12.7. The molecule has 0 fully saturated rings. The highest BCUT2D eigenvalue weighted by atomic mass is 19.4. The number of benzene rings is 1. The van der Waals surface area contributed by atoms with E-state index in [1.165, 1.54) is 31.4 Å². The van der Waals surface area contributed by atoms with Gasteiger partial charge in [-0.25, -0.2) is 0 Å². The molecule has 1 aliphatic rings. The zero-order chi connectivity index (χ0) is 17.3. The van der Waals surface area contributed by atoms with Crippen molar-refractivity contribution in [3.05, 3.63) is 29.8 Å². The Morgan fingerprint density at radius 2 is 2.00 bits per heavy atom. The number of methoxy groups -OCH3 is 1. The fourth-order valence-corrected chi connectivity index (χ4v) is 2.34. The topological polar surface area (TPSA) is 62.1 Å². The predicted octanol–water partition coefficient (Wildman–Crippen LogP) is 2.95. The molecule has 5 nitrogen and oxygen atoms in total. The Kier molecular flexibility index (Phi) is 4.65. The largest absolute Gasteiger partial charge is 0.497 e. The average molecular weight is 330 g/mol. The van der Waals surface area contributed by atoms with Crippen LogP contribution in [0.4, 0.5) is 13.2 Å². The molecule has 1 aromatic carbocycles. The molecule has 23 heavy (non-hydrogen) atoms. The van der Waals surface area contributed by atoms with E-state index in [4.69, 9.17) is 4.74 Å². The van der Waals surface area contributed by atoms with E-state index in [1.54, 1.807) is 6.92 Å². The number of hydrazone groups is 1. The van der Waals surface area contributed by atoms with Gasteiger partial charge >= 0.3 is 6.18 Å². The Bertz CT molecular complexity index is 613. The van der Waals surface area contributed by atoms with Gasteiger partial charge in [-0.15, -0.1) is 0 Å². The first-order chi connectivity index (χ1) is 10.7. The molecule has 0 aromatic heterocycles. The van der Waals surface area contributed by atoms with Crippen molar-refractivity contribution in [2.75, 3.05) is 7.11 Å². The second-order valence-electron chi connectivity index (χ2n) is 5.25. The number of alkyl halides is 3. The summed E-state index contributed by atoms with van der Waals surface area (Å²) in [5, 5.41) is 13.9. The molecule has 8 heteroatoms. The maximum Gasteiger partial charge on any atom is 0.438 e. The summed E-state index contributed by atoms with van der Waals surface area (Å²) in [7, 11) is 1.43. The number of hydrogen-bond donors (Lipinski definition) is 1. The van der Waals surface area contributed by atoms with Gasteiger partial charge in [0.15, 0.2) is 0 Å². The molecule has 1 aromatic rings. The highest BCUT2D eigenvalue weighted by molar-refractivity contribution is 5.98. The Labute approximate surface area is 131 Å². The van der Waals surface area contributed by atoms with Crippen LogP contribution in [0, 0.1) is 0 Å². The van der Waals surface area contributed by atoms with E-state index < -0.39 is 24.2 Å². The van der Waals surface area contributed by atoms with Crippen LogP contribution >= 0.6 is 0 Å². The van der Waals surface area contributed by atoms with E-state index in [2.05, 4.69) is 5.10 Å². The number of nitrogens with zero attached hydrogens (tertiary/aromatic N) is 2. The average Bonchev–Trinajstić information content (AvgIpc) is 2.85. The molecular weight excluding hydrogens is 313 g/mol. The Balaban J connectivity index is 2.36. The standard InChI is InChI=1S/C15H17F3N2O3/c1-3-4-11-9-14(22,15(16,17)18)20(19-11)13(21)10-5-7-12(23-2)8-6-10/h5-8,22H,3-4,9H2,1-2H3/t14-/m0/s1. The van der Waals surface area contributed by atoms with Crippen LogP contribution in [0.1, 0.15) is 36.5 Å². The van der Waals surface area contributed by atoms with Gasteiger partial charge in [0, 0.05) is 17.7 Å². The molecule has 1 N–H and O–H groups in total. The fourth-order valence-electron chi connectivity index (χ4n) is 2.34. The summed E-state index contributed by atoms with van der Waals surface area (Å²) in [6.45, 7) is 1.78. The molecule has 126 valence electrons. The zero-order valence-electron chi connectivity index (χ0n) is 12.7. The molecular formula is C15H17F3N2O3.